The molecule has 3 N–H and O–H groups in total. The lowest BCUT2D eigenvalue weighted by Crippen LogP contribution is -2.29. The molecule has 1 aromatic carbocycles. The molecule has 7 heteroatoms. The topological polar surface area (TPSA) is 87.3 Å². The van der Waals surface area contributed by atoms with Crippen molar-refractivity contribution in [2.45, 2.75) is 12.8 Å². The number of hydrogen-bond acceptors (Lipinski definition) is 4. The van der Waals surface area contributed by atoms with E-state index in [4.69, 9.17) is 0 Å². The normalized spacial score (nSPS) is 14.8. The van der Waals surface area contributed by atoms with E-state index in [1.807, 2.05) is 0 Å². The first-order chi connectivity index (χ1) is 9.44. The molecule has 2 rings (SSSR count). The van der Waals surface area contributed by atoms with Gasteiger partial charge in [-0.15, -0.1) is 0 Å². The van der Waals surface area contributed by atoms with Gasteiger partial charge in [-0.2, -0.15) is 0 Å². The zero-order valence-corrected chi connectivity index (χ0v) is 12.2. The molecular weight excluding hydrogens is 278 g/mol. The van der Waals surface area contributed by atoms with Crippen molar-refractivity contribution in [3.8, 4) is 0 Å². The second-order valence-corrected chi connectivity index (χ2v) is 6.79. The van der Waals surface area contributed by atoms with Gasteiger partial charge < -0.3 is 10.6 Å². The summed E-state index contributed by atoms with van der Waals surface area (Å²) in [5.41, 5.74) is 0.821. The molecule has 0 unspecified atom stereocenters. The third kappa shape index (κ3) is 5.18. The van der Waals surface area contributed by atoms with Gasteiger partial charge in [-0.3, -0.25) is 9.52 Å². The number of carbonyl (C=O) groups excluding carboxylic acids is 1. The molecule has 1 aliphatic rings. The number of rotatable bonds is 7. The summed E-state index contributed by atoms with van der Waals surface area (Å²) in [4.78, 5) is 11.8. The zero-order valence-electron chi connectivity index (χ0n) is 11.3. The van der Waals surface area contributed by atoms with Crippen molar-refractivity contribution in [3.63, 3.8) is 0 Å². The molecule has 0 heterocycles. The maximum atomic E-state index is 11.8. The van der Waals surface area contributed by atoms with Gasteiger partial charge >= 0.3 is 0 Å². The number of nitrogens with one attached hydrogen (secondary N) is 3. The number of carbonyl (C=O) groups is 1. The molecule has 110 valence electrons. The van der Waals surface area contributed by atoms with Gasteiger partial charge in [-0.05, 0) is 37.4 Å². The van der Waals surface area contributed by atoms with Crippen LogP contribution in [0.2, 0.25) is 0 Å². The number of para-hydroxylation sites is 2. The van der Waals surface area contributed by atoms with E-state index in [1.54, 1.807) is 24.3 Å². The lowest BCUT2D eigenvalue weighted by molar-refractivity contribution is -0.115. The molecule has 1 saturated carbocycles. The second-order valence-electron chi connectivity index (χ2n) is 5.04. The van der Waals surface area contributed by atoms with Crippen LogP contribution in [0.5, 0.6) is 0 Å². The number of amides is 1. The first kappa shape index (κ1) is 14.8. The van der Waals surface area contributed by atoms with Crippen LogP contribution in [0.1, 0.15) is 12.8 Å². The summed E-state index contributed by atoms with van der Waals surface area (Å²) in [6.45, 7) is 1.08. The van der Waals surface area contributed by atoms with Crippen LogP contribution in [0.15, 0.2) is 24.3 Å². The minimum Gasteiger partial charge on any atom is -0.323 e. The van der Waals surface area contributed by atoms with E-state index in [1.165, 1.54) is 12.8 Å². The average Bonchev–Trinajstić information content (AvgIpc) is 3.14. The van der Waals surface area contributed by atoms with Crippen LogP contribution in [0.4, 0.5) is 11.4 Å². The molecule has 0 saturated heterocycles. The predicted octanol–water partition coefficient (Wildman–Crippen LogP) is 0.996. The molecule has 0 aliphatic heterocycles. The number of benzene rings is 1. The van der Waals surface area contributed by atoms with E-state index in [2.05, 4.69) is 15.4 Å². The Kier molecular flexibility index (Phi) is 4.61. The fourth-order valence-electron chi connectivity index (χ4n) is 1.79. The minimum absolute atomic E-state index is 0.187. The van der Waals surface area contributed by atoms with Crippen LogP contribution in [0.3, 0.4) is 0 Å². The number of anilines is 2. The van der Waals surface area contributed by atoms with Crippen molar-refractivity contribution in [2.24, 2.45) is 5.92 Å². The van der Waals surface area contributed by atoms with Gasteiger partial charge in [-0.1, -0.05) is 12.1 Å². The van der Waals surface area contributed by atoms with Gasteiger partial charge in [0.1, 0.15) is 0 Å². The summed E-state index contributed by atoms with van der Waals surface area (Å²) < 4.78 is 24.9. The van der Waals surface area contributed by atoms with Crippen LogP contribution in [0, 0.1) is 5.92 Å². The Morgan fingerprint density at radius 1 is 1.25 bits per heavy atom. The van der Waals surface area contributed by atoms with E-state index in [0.29, 0.717) is 17.3 Å². The SMILES string of the molecule is CS(=O)(=O)Nc1ccccc1NC(=O)CNCC1CC1. The Morgan fingerprint density at radius 3 is 2.50 bits per heavy atom. The van der Waals surface area contributed by atoms with Crippen molar-refractivity contribution in [3.05, 3.63) is 24.3 Å². The molecule has 1 aliphatic carbocycles. The zero-order chi connectivity index (χ0) is 14.6. The van der Waals surface area contributed by atoms with E-state index in [-0.39, 0.29) is 12.5 Å². The molecule has 0 bridgehead atoms. The summed E-state index contributed by atoms with van der Waals surface area (Å²) in [7, 11) is -3.37. The van der Waals surface area contributed by atoms with E-state index in [0.717, 1.165) is 12.8 Å². The van der Waals surface area contributed by atoms with E-state index in [9.17, 15) is 13.2 Å². The van der Waals surface area contributed by atoms with Crippen molar-refractivity contribution in [2.75, 3.05) is 29.4 Å². The first-order valence-electron chi connectivity index (χ1n) is 6.51. The van der Waals surface area contributed by atoms with Crippen LogP contribution in [0.25, 0.3) is 0 Å². The summed E-state index contributed by atoms with van der Waals surface area (Å²) in [6, 6.07) is 6.70. The Hall–Kier alpha value is -1.60. The molecule has 1 fully saturated rings. The highest BCUT2D eigenvalue weighted by Gasteiger charge is 2.20. The second kappa shape index (κ2) is 6.23. The van der Waals surface area contributed by atoms with Crippen molar-refractivity contribution in [1.29, 1.82) is 0 Å². The average molecular weight is 297 g/mol. The van der Waals surface area contributed by atoms with E-state index < -0.39 is 10.0 Å². The lowest BCUT2D eigenvalue weighted by atomic mass is 10.2. The highest BCUT2D eigenvalue weighted by molar-refractivity contribution is 7.92. The summed E-state index contributed by atoms with van der Waals surface area (Å²) in [5.74, 6) is 0.524. The fourth-order valence-corrected chi connectivity index (χ4v) is 2.36. The third-order valence-corrected chi connectivity index (χ3v) is 3.50. The molecule has 1 aromatic rings. The molecule has 0 atom stereocenters. The maximum absolute atomic E-state index is 11.8. The molecule has 0 aromatic heterocycles. The van der Waals surface area contributed by atoms with Crippen LogP contribution in [-0.2, 0) is 14.8 Å². The quantitative estimate of drug-likeness (QED) is 0.700. The van der Waals surface area contributed by atoms with Gasteiger partial charge in [0.05, 0.1) is 24.2 Å². The molecule has 1 amide bonds. The van der Waals surface area contributed by atoms with Gasteiger partial charge in [-0.25, -0.2) is 8.42 Å². The number of hydrogen-bond donors (Lipinski definition) is 3. The number of sulfonamides is 1. The summed E-state index contributed by atoms with van der Waals surface area (Å²) >= 11 is 0. The lowest BCUT2D eigenvalue weighted by Gasteiger charge is -2.12. The smallest absolute Gasteiger partial charge is 0.238 e. The standard InChI is InChI=1S/C13H19N3O3S/c1-20(18,19)16-12-5-3-2-4-11(12)15-13(17)9-14-8-10-6-7-10/h2-5,10,14,16H,6-9H2,1H3,(H,15,17). The molecular formula is C13H19N3O3S. The highest BCUT2D eigenvalue weighted by atomic mass is 32.2. The molecule has 0 spiro atoms. The third-order valence-electron chi connectivity index (χ3n) is 2.91. The summed E-state index contributed by atoms with van der Waals surface area (Å²) in [6.07, 6.45) is 3.54. The minimum atomic E-state index is -3.37. The Labute approximate surface area is 119 Å². The van der Waals surface area contributed by atoms with Crippen LogP contribution < -0.4 is 15.4 Å². The monoisotopic (exact) mass is 297 g/mol. The molecule has 6 nitrogen and oxygen atoms in total. The predicted molar refractivity (Wildman–Crippen MR) is 79.1 cm³/mol. The Bertz CT molecular complexity index is 582. The van der Waals surface area contributed by atoms with Crippen molar-refractivity contribution >= 4 is 27.3 Å². The van der Waals surface area contributed by atoms with Gasteiger partial charge in [0, 0.05) is 0 Å². The van der Waals surface area contributed by atoms with Crippen LogP contribution in [-0.4, -0.2) is 33.7 Å². The maximum Gasteiger partial charge on any atom is 0.238 e. The van der Waals surface area contributed by atoms with Gasteiger partial charge in [0.25, 0.3) is 0 Å². The first-order valence-corrected chi connectivity index (χ1v) is 8.40. The van der Waals surface area contributed by atoms with Gasteiger partial charge in [0.2, 0.25) is 15.9 Å². The van der Waals surface area contributed by atoms with Gasteiger partial charge in [0.15, 0.2) is 0 Å². The Balaban J connectivity index is 1.91. The highest BCUT2D eigenvalue weighted by Crippen LogP contribution is 2.27. The van der Waals surface area contributed by atoms with E-state index >= 15 is 0 Å². The van der Waals surface area contributed by atoms with Crippen LogP contribution >= 0.6 is 0 Å². The summed E-state index contributed by atoms with van der Waals surface area (Å²) in [5, 5.41) is 5.78. The van der Waals surface area contributed by atoms with Crippen molar-refractivity contribution in [1.82, 2.24) is 5.32 Å². The largest absolute Gasteiger partial charge is 0.323 e. The molecule has 20 heavy (non-hydrogen) atoms. The van der Waals surface area contributed by atoms with Crippen molar-refractivity contribution < 1.29 is 13.2 Å². The Morgan fingerprint density at radius 2 is 1.90 bits per heavy atom. The fraction of sp³-hybridized carbons (Fsp3) is 0.462. The molecule has 0 radical (unpaired) electrons.